The molecule has 218 valence electrons. The van der Waals surface area contributed by atoms with E-state index in [2.05, 4.69) is 5.32 Å². The zero-order valence-corrected chi connectivity index (χ0v) is 25.2. The molecule has 7 nitrogen and oxygen atoms in total. The summed E-state index contributed by atoms with van der Waals surface area (Å²) < 4.78 is 28.9. The number of sulfonamides is 1. The Morgan fingerprint density at radius 1 is 0.927 bits per heavy atom. The molecule has 0 aromatic heterocycles. The van der Waals surface area contributed by atoms with E-state index in [1.807, 2.05) is 26.0 Å². The quantitative estimate of drug-likeness (QED) is 0.290. The van der Waals surface area contributed by atoms with Crippen molar-refractivity contribution in [2.24, 2.45) is 0 Å². The van der Waals surface area contributed by atoms with E-state index in [1.54, 1.807) is 66.7 Å². The summed E-state index contributed by atoms with van der Waals surface area (Å²) in [4.78, 5) is 29.3. The van der Waals surface area contributed by atoms with E-state index in [0.717, 1.165) is 47.5 Å². The molecule has 0 unspecified atom stereocenters. The summed E-state index contributed by atoms with van der Waals surface area (Å²) in [7, 11) is -4.09. The molecule has 1 fully saturated rings. The minimum Gasteiger partial charge on any atom is -0.352 e. The lowest BCUT2D eigenvalue weighted by Gasteiger charge is -2.34. The van der Waals surface area contributed by atoms with Crippen molar-refractivity contribution < 1.29 is 18.0 Å². The van der Waals surface area contributed by atoms with Gasteiger partial charge < -0.3 is 10.2 Å². The first-order valence-corrected chi connectivity index (χ1v) is 16.0. The van der Waals surface area contributed by atoms with Crippen molar-refractivity contribution in [3.63, 3.8) is 0 Å². The van der Waals surface area contributed by atoms with Gasteiger partial charge in [-0.15, -0.1) is 0 Å². The predicted molar refractivity (Wildman–Crippen MR) is 163 cm³/mol. The van der Waals surface area contributed by atoms with Crippen molar-refractivity contribution in [3.05, 3.63) is 95.0 Å². The highest BCUT2D eigenvalue weighted by Crippen LogP contribution is 2.25. The van der Waals surface area contributed by atoms with Gasteiger partial charge >= 0.3 is 0 Å². The number of amides is 2. The molecule has 0 heterocycles. The number of aryl methyl sites for hydroxylation is 1. The van der Waals surface area contributed by atoms with Crippen LogP contribution in [0.15, 0.2) is 83.8 Å². The van der Waals surface area contributed by atoms with Crippen LogP contribution >= 0.6 is 11.6 Å². The molecule has 41 heavy (non-hydrogen) atoms. The lowest BCUT2D eigenvalue weighted by Crippen LogP contribution is -2.54. The molecule has 3 aromatic rings. The van der Waals surface area contributed by atoms with Crippen molar-refractivity contribution in [2.45, 2.75) is 75.9 Å². The maximum Gasteiger partial charge on any atom is 0.264 e. The van der Waals surface area contributed by atoms with Gasteiger partial charge in [0.15, 0.2) is 0 Å². The van der Waals surface area contributed by atoms with Crippen LogP contribution in [0.2, 0.25) is 5.02 Å². The third-order valence-corrected chi connectivity index (χ3v) is 9.58. The highest BCUT2D eigenvalue weighted by Gasteiger charge is 2.34. The minimum atomic E-state index is -4.09. The number of benzene rings is 3. The Morgan fingerprint density at radius 2 is 1.56 bits per heavy atom. The van der Waals surface area contributed by atoms with Crippen LogP contribution in [0.1, 0.15) is 56.6 Å². The number of nitrogens with zero attached hydrogens (tertiary/aromatic N) is 2. The molecule has 9 heteroatoms. The molecule has 0 saturated heterocycles. The topological polar surface area (TPSA) is 86.8 Å². The van der Waals surface area contributed by atoms with E-state index in [9.17, 15) is 18.0 Å². The fourth-order valence-electron chi connectivity index (χ4n) is 5.21. The first-order chi connectivity index (χ1) is 19.7. The lowest BCUT2D eigenvalue weighted by molar-refractivity contribution is -0.140. The first kappa shape index (κ1) is 30.6. The lowest BCUT2D eigenvalue weighted by atomic mass is 9.95. The Hall–Kier alpha value is -3.36. The van der Waals surface area contributed by atoms with Gasteiger partial charge in [0.25, 0.3) is 10.0 Å². The van der Waals surface area contributed by atoms with E-state index in [-0.39, 0.29) is 23.4 Å². The molecule has 1 aliphatic carbocycles. The standard InChI is InChI=1S/C32H38ClN3O4S/c1-3-30(32(38)34-27-10-6-4-7-11-27)35(22-25-16-18-26(33)19-17-25)31(37)23-36(28-12-8-5-9-13-28)41(39,40)29-20-14-24(2)15-21-29/h5,8-9,12-21,27,30H,3-4,6-7,10-11,22-23H2,1-2H3,(H,34,38)/t30-/m1/s1. The van der Waals surface area contributed by atoms with Gasteiger partial charge in [-0.05, 0) is 68.1 Å². The second-order valence-electron chi connectivity index (χ2n) is 10.6. The second kappa shape index (κ2) is 14.0. The summed E-state index contributed by atoms with van der Waals surface area (Å²) >= 11 is 6.10. The Morgan fingerprint density at radius 3 is 2.17 bits per heavy atom. The summed E-state index contributed by atoms with van der Waals surface area (Å²) in [5.74, 6) is -0.681. The largest absolute Gasteiger partial charge is 0.352 e. The number of halogens is 1. The van der Waals surface area contributed by atoms with E-state index in [1.165, 1.54) is 4.90 Å². The number of anilines is 1. The third-order valence-electron chi connectivity index (χ3n) is 7.54. The molecule has 1 atom stereocenters. The fourth-order valence-corrected chi connectivity index (χ4v) is 6.75. The van der Waals surface area contributed by atoms with Crippen molar-refractivity contribution in [1.29, 1.82) is 0 Å². The number of hydrogen-bond acceptors (Lipinski definition) is 4. The number of carbonyl (C=O) groups excluding carboxylic acids is 2. The average molecular weight is 596 g/mol. The van der Waals surface area contributed by atoms with Crippen LogP contribution in [0.3, 0.4) is 0 Å². The van der Waals surface area contributed by atoms with Gasteiger partial charge in [0.1, 0.15) is 12.6 Å². The van der Waals surface area contributed by atoms with Gasteiger partial charge in [0.05, 0.1) is 10.6 Å². The summed E-state index contributed by atoms with van der Waals surface area (Å²) in [6.07, 6.45) is 5.52. The van der Waals surface area contributed by atoms with Crippen LogP contribution in [0, 0.1) is 6.92 Å². The van der Waals surface area contributed by atoms with Gasteiger partial charge in [-0.3, -0.25) is 13.9 Å². The number of para-hydroxylation sites is 1. The van der Waals surface area contributed by atoms with Crippen LogP contribution in [0.4, 0.5) is 5.69 Å². The fraction of sp³-hybridized carbons (Fsp3) is 0.375. The summed E-state index contributed by atoms with van der Waals surface area (Å²) in [5, 5.41) is 3.72. The number of hydrogen-bond donors (Lipinski definition) is 1. The highest BCUT2D eigenvalue weighted by atomic mass is 35.5. The predicted octanol–water partition coefficient (Wildman–Crippen LogP) is 6.10. The average Bonchev–Trinajstić information content (AvgIpc) is 2.98. The van der Waals surface area contributed by atoms with Crippen molar-refractivity contribution in [1.82, 2.24) is 10.2 Å². The third kappa shape index (κ3) is 7.89. The molecule has 1 N–H and O–H groups in total. The second-order valence-corrected chi connectivity index (χ2v) is 12.9. The van der Waals surface area contributed by atoms with Gasteiger partial charge in [-0.2, -0.15) is 0 Å². The normalized spacial score (nSPS) is 14.7. The Bertz CT molecular complexity index is 1410. The highest BCUT2D eigenvalue weighted by molar-refractivity contribution is 7.92. The molecular weight excluding hydrogens is 558 g/mol. The van der Waals surface area contributed by atoms with Gasteiger partial charge in [-0.25, -0.2) is 8.42 Å². The van der Waals surface area contributed by atoms with Crippen LogP contribution < -0.4 is 9.62 Å². The van der Waals surface area contributed by atoms with Crippen molar-refractivity contribution >= 4 is 39.1 Å². The molecule has 0 bridgehead atoms. The maximum atomic E-state index is 14.1. The molecule has 1 aliphatic rings. The molecular formula is C32H38ClN3O4S. The van der Waals surface area contributed by atoms with Crippen LogP contribution in [-0.2, 0) is 26.2 Å². The van der Waals surface area contributed by atoms with Crippen molar-refractivity contribution in [2.75, 3.05) is 10.8 Å². The van der Waals surface area contributed by atoms with E-state index < -0.39 is 28.5 Å². The SMILES string of the molecule is CC[C@H](C(=O)NC1CCCCC1)N(Cc1ccc(Cl)cc1)C(=O)CN(c1ccccc1)S(=O)(=O)c1ccc(C)cc1. The summed E-state index contributed by atoms with van der Waals surface area (Å²) in [5.41, 5.74) is 2.09. The van der Waals surface area contributed by atoms with Crippen molar-refractivity contribution in [3.8, 4) is 0 Å². The zero-order valence-electron chi connectivity index (χ0n) is 23.6. The van der Waals surface area contributed by atoms with Gasteiger partial charge in [-0.1, -0.05) is 85.8 Å². The van der Waals surface area contributed by atoms with Gasteiger partial charge in [0, 0.05) is 17.6 Å². The Labute approximate surface area is 248 Å². The molecule has 0 radical (unpaired) electrons. The van der Waals surface area contributed by atoms with Crippen LogP contribution in [0.25, 0.3) is 0 Å². The molecule has 1 saturated carbocycles. The maximum absolute atomic E-state index is 14.1. The smallest absolute Gasteiger partial charge is 0.264 e. The van der Waals surface area contributed by atoms with E-state index >= 15 is 0 Å². The summed E-state index contributed by atoms with van der Waals surface area (Å²) in [6, 6.07) is 21.5. The zero-order chi connectivity index (χ0) is 29.4. The summed E-state index contributed by atoms with van der Waals surface area (Å²) in [6.45, 7) is 3.43. The Balaban J connectivity index is 1.68. The molecule has 2 amide bonds. The molecule has 3 aromatic carbocycles. The monoisotopic (exact) mass is 595 g/mol. The number of rotatable bonds is 11. The number of carbonyl (C=O) groups is 2. The van der Waals surface area contributed by atoms with E-state index in [0.29, 0.717) is 17.1 Å². The molecule has 0 aliphatic heterocycles. The number of nitrogens with one attached hydrogen (secondary N) is 1. The molecule has 0 spiro atoms. The molecule has 4 rings (SSSR count). The minimum absolute atomic E-state index is 0.0838. The van der Waals surface area contributed by atoms with E-state index in [4.69, 9.17) is 11.6 Å². The van der Waals surface area contributed by atoms with Gasteiger partial charge in [0.2, 0.25) is 11.8 Å². The van der Waals surface area contributed by atoms with Crippen LogP contribution in [0.5, 0.6) is 0 Å². The first-order valence-electron chi connectivity index (χ1n) is 14.2. The van der Waals surface area contributed by atoms with Crippen LogP contribution in [-0.4, -0.2) is 43.8 Å². The Kier molecular flexibility index (Phi) is 10.5.